The minimum atomic E-state index is -0.451. The standard InChI is InChI=1S/C18H17N3O3S2/c22-6-5-21-9-11-7-10(1-3-13(11)17(21)24)15-4-2-12(26-15)8-14-16(23)20-18(25)19-14/h1-4,7,18,22,25H,5-6,8-9H2,(H,20,23). The third-order valence-corrected chi connectivity index (χ3v) is 5.82. The Morgan fingerprint density at radius 1 is 1.31 bits per heavy atom. The molecule has 1 unspecified atom stereocenters. The smallest absolute Gasteiger partial charge is 0.268 e. The van der Waals surface area contributed by atoms with Crippen LogP contribution in [0.4, 0.5) is 0 Å². The molecular weight excluding hydrogens is 370 g/mol. The van der Waals surface area contributed by atoms with Crippen LogP contribution in [0.25, 0.3) is 10.4 Å². The van der Waals surface area contributed by atoms with Crippen molar-refractivity contribution in [2.24, 2.45) is 4.99 Å². The van der Waals surface area contributed by atoms with E-state index >= 15 is 0 Å². The number of benzene rings is 1. The minimum absolute atomic E-state index is 0.0287. The van der Waals surface area contributed by atoms with Crippen molar-refractivity contribution in [3.05, 3.63) is 46.3 Å². The third-order valence-electron chi connectivity index (χ3n) is 4.44. The van der Waals surface area contributed by atoms with Crippen LogP contribution in [0.5, 0.6) is 0 Å². The van der Waals surface area contributed by atoms with Gasteiger partial charge in [-0.15, -0.1) is 24.0 Å². The number of nitrogens with one attached hydrogen (secondary N) is 1. The van der Waals surface area contributed by atoms with Gasteiger partial charge in [-0.25, -0.2) is 4.99 Å². The van der Waals surface area contributed by atoms with Crippen LogP contribution in [0.2, 0.25) is 0 Å². The zero-order chi connectivity index (χ0) is 18.3. The van der Waals surface area contributed by atoms with E-state index in [2.05, 4.69) is 22.9 Å². The van der Waals surface area contributed by atoms with Gasteiger partial charge in [0.15, 0.2) is 5.50 Å². The van der Waals surface area contributed by atoms with Crippen LogP contribution < -0.4 is 5.32 Å². The van der Waals surface area contributed by atoms with Crippen LogP contribution in [0.15, 0.2) is 35.3 Å². The average molecular weight is 387 g/mol. The quantitative estimate of drug-likeness (QED) is 0.683. The van der Waals surface area contributed by atoms with Gasteiger partial charge in [0.25, 0.3) is 11.8 Å². The fraction of sp³-hybridized carbons (Fsp3) is 0.278. The lowest BCUT2D eigenvalue weighted by atomic mass is 10.1. The molecule has 0 saturated carbocycles. The second-order valence-corrected chi connectivity index (χ2v) is 7.85. The number of nitrogens with zero attached hydrogens (tertiary/aromatic N) is 2. The molecule has 2 amide bonds. The van der Waals surface area contributed by atoms with E-state index in [1.807, 2.05) is 30.3 Å². The molecule has 6 nitrogen and oxygen atoms in total. The van der Waals surface area contributed by atoms with Crippen LogP contribution in [0.3, 0.4) is 0 Å². The van der Waals surface area contributed by atoms with E-state index in [0.717, 1.165) is 20.9 Å². The maximum Gasteiger partial charge on any atom is 0.268 e. The van der Waals surface area contributed by atoms with Gasteiger partial charge in [-0.3, -0.25) is 9.59 Å². The van der Waals surface area contributed by atoms with Crippen LogP contribution in [-0.4, -0.2) is 46.2 Å². The Morgan fingerprint density at radius 3 is 2.88 bits per heavy atom. The zero-order valence-corrected chi connectivity index (χ0v) is 15.5. The minimum Gasteiger partial charge on any atom is -0.395 e. The molecule has 8 heteroatoms. The second-order valence-electron chi connectivity index (χ2n) is 6.19. The topological polar surface area (TPSA) is 82.0 Å². The summed E-state index contributed by atoms with van der Waals surface area (Å²) in [6, 6.07) is 9.85. The lowest BCUT2D eigenvalue weighted by Gasteiger charge is -2.12. The Labute approximate surface area is 160 Å². The van der Waals surface area contributed by atoms with Crippen molar-refractivity contribution in [2.45, 2.75) is 18.5 Å². The molecule has 0 aliphatic carbocycles. The number of carbonyl (C=O) groups is 2. The summed E-state index contributed by atoms with van der Waals surface area (Å²) in [5.74, 6) is -0.195. The molecule has 4 rings (SSSR count). The summed E-state index contributed by atoms with van der Waals surface area (Å²) in [6.45, 7) is 0.842. The van der Waals surface area contributed by atoms with Crippen LogP contribution in [0.1, 0.15) is 20.8 Å². The molecule has 1 atom stereocenters. The Morgan fingerprint density at radius 2 is 2.15 bits per heavy atom. The lowest BCUT2D eigenvalue weighted by molar-refractivity contribution is -0.114. The number of amides is 2. The zero-order valence-electron chi connectivity index (χ0n) is 13.8. The van der Waals surface area contributed by atoms with E-state index in [0.29, 0.717) is 30.8 Å². The summed E-state index contributed by atoms with van der Waals surface area (Å²) in [5, 5.41) is 11.7. The monoisotopic (exact) mass is 387 g/mol. The maximum atomic E-state index is 12.2. The van der Waals surface area contributed by atoms with Crippen LogP contribution >= 0.6 is 24.0 Å². The maximum absolute atomic E-state index is 12.2. The molecular formula is C18H17N3O3S2. The third kappa shape index (κ3) is 3.15. The van der Waals surface area contributed by atoms with Gasteiger partial charge in [-0.05, 0) is 35.4 Å². The van der Waals surface area contributed by atoms with Gasteiger partial charge >= 0.3 is 0 Å². The van der Waals surface area contributed by atoms with Gasteiger partial charge in [-0.2, -0.15) is 0 Å². The average Bonchev–Trinajstić information content (AvgIpc) is 3.28. The number of aliphatic hydroxyl groups is 1. The van der Waals surface area contributed by atoms with Gasteiger partial charge in [-0.1, -0.05) is 6.07 Å². The van der Waals surface area contributed by atoms with Crippen molar-refractivity contribution in [1.29, 1.82) is 0 Å². The van der Waals surface area contributed by atoms with Crippen molar-refractivity contribution in [1.82, 2.24) is 10.2 Å². The fourth-order valence-electron chi connectivity index (χ4n) is 3.19. The van der Waals surface area contributed by atoms with E-state index < -0.39 is 5.50 Å². The first-order chi connectivity index (χ1) is 12.5. The molecule has 1 aromatic heterocycles. The molecule has 2 aliphatic rings. The van der Waals surface area contributed by atoms with E-state index in [-0.39, 0.29) is 18.4 Å². The van der Waals surface area contributed by atoms with Crippen LogP contribution in [0, 0.1) is 0 Å². The molecule has 2 N–H and O–H groups in total. The number of β-amino-alcohol motifs (C(OH)–C–C–N with tert-alkyl or cyclic N) is 1. The Balaban J connectivity index is 1.54. The normalized spacial score (nSPS) is 18.9. The number of fused-ring (bicyclic) bond motifs is 1. The van der Waals surface area contributed by atoms with Crippen molar-refractivity contribution in [2.75, 3.05) is 13.2 Å². The van der Waals surface area contributed by atoms with E-state index in [1.165, 1.54) is 0 Å². The molecule has 0 bridgehead atoms. The number of carbonyl (C=O) groups excluding carboxylic acids is 2. The number of hydrogen-bond donors (Lipinski definition) is 3. The first kappa shape index (κ1) is 17.3. The number of rotatable bonds is 5. The number of aliphatic hydroxyl groups excluding tert-OH is 1. The number of aliphatic imine (C=N–C) groups is 1. The van der Waals surface area contributed by atoms with Gasteiger partial charge in [0.2, 0.25) is 0 Å². The fourth-order valence-corrected chi connectivity index (χ4v) is 4.46. The van der Waals surface area contributed by atoms with E-state index in [1.54, 1.807) is 16.2 Å². The van der Waals surface area contributed by atoms with Crippen molar-refractivity contribution in [3.8, 4) is 10.4 Å². The molecule has 0 saturated heterocycles. The SMILES string of the molecule is O=C1NC(S)N=C1Cc1ccc(-c2ccc3c(c2)CN(CCO)C3=O)s1. The summed E-state index contributed by atoms with van der Waals surface area (Å²) >= 11 is 5.75. The summed E-state index contributed by atoms with van der Waals surface area (Å²) in [7, 11) is 0. The van der Waals surface area contributed by atoms with Gasteiger partial charge in [0, 0.05) is 34.8 Å². The molecule has 2 aliphatic heterocycles. The Kier molecular flexibility index (Phi) is 4.56. The molecule has 1 aromatic carbocycles. The Hall–Kier alpha value is -2.16. The van der Waals surface area contributed by atoms with Crippen molar-refractivity contribution < 1.29 is 14.7 Å². The highest BCUT2D eigenvalue weighted by atomic mass is 32.1. The number of thiophene rings is 1. The Bertz CT molecular complexity index is 922. The second kappa shape index (κ2) is 6.86. The highest BCUT2D eigenvalue weighted by Crippen LogP contribution is 2.33. The number of hydrogen-bond acceptors (Lipinski definition) is 6. The highest BCUT2D eigenvalue weighted by molar-refractivity contribution is 7.81. The van der Waals surface area contributed by atoms with E-state index in [9.17, 15) is 9.59 Å². The summed E-state index contributed by atoms with van der Waals surface area (Å²) < 4.78 is 0. The van der Waals surface area contributed by atoms with Crippen molar-refractivity contribution >= 4 is 41.5 Å². The molecule has 0 fully saturated rings. The molecule has 2 aromatic rings. The largest absolute Gasteiger partial charge is 0.395 e. The predicted molar refractivity (Wildman–Crippen MR) is 104 cm³/mol. The first-order valence-electron chi connectivity index (χ1n) is 8.23. The van der Waals surface area contributed by atoms with Gasteiger partial charge < -0.3 is 15.3 Å². The molecule has 0 radical (unpaired) electrons. The predicted octanol–water partition coefficient (Wildman–Crippen LogP) is 1.69. The highest BCUT2D eigenvalue weighted by Gasteiger charge is 2.27. The molecule has 134 valence electrons. The summed E-state index contributed by atoms with van der Waals surface area (Å²) in [4.78, 5) is 32.0. The van der Waals surface area contributed by atoms with Crippen LogP contribution in [-0.2, 0) is 17.8 Å². The lowest BCUT2D eigenvalue weighted by Crippen LogP contribution is -2.27. The van der Waals surface area contributed by atoms with E-state index in [4.69, 9.17) is 5.11 Å². The summed E-state index contributed by atoms with van der Waals surface area (Å²) in [6.07, 6.45) is 0.487. The first-order valence-corrected chi connectivity index (χ1v) is 9.56. The summed E-state index contributed by atoms with van der Waals surface area (Å²) in [5.41, 5.74) is 2.78. The molecule has 3 heterocycles. The van der Waals surface area contributed by atoms with Gasteiger partial charge in [0.1, 0.15) is 5.71 Å². The van der Waals surface area contributed by atoms with Crippen molar-refractivity contribution in [3.63, 3.8) is 0 Å². The molecule has 26 heavy (non-hydrogen) atoms. The number of thiol groups is 1. The molecule has 0 spiro atoms. The van der Waals surface area contributed by atoms with Gasteiger partial charge in [0.05, 0.1) is 6.61 Å².